The number of carbonyl (C=O) groups is 3. The first-order valence-electron chi connectivity index (χ1n) is 28.9. The van der Waals surface area contributed by atoms with Crippen molar-refractivity contribution >= 4 is 71.3 Å². The van der Waals surface area contributed by atoms with Gasteiger partial charge in [0, 0.05) is 76.6 Å². The number of furan rings is 2. The summed E-state index contributed by atoms with van der Waals surface area (Å²) in [5, 5.41) is 36.1. The molecule has 8 aromatic heterocycles. The van der Waals surface area contributed by atoms with Gasteiger partial charge >= 0.3 is 18.1 Å². The predicted octanol–water partition coefficient (Wildman–Crippen LogP) is 9.26. The van der Waals surface area contributed by atoms with Gasteiger partial charge in [0.1, 0.15) is 17.8 Å². The standard InChI is InChI=1S/C23H23N5O3S.C20H23N5O5S.C19H21N5O5S/c1-15(2)19-10-16(3)11-20(18-7-9-26-21(12-18)24-4)22(19)27-23(29)28-32(30,31)14-17-6-5-8-25-13-17;1-12-9-14(7-8-21-12)25-18(15-5-4-6-16(15)23-25)22-19(26)24-31(28,29)17-10-13(11-30-17)20(2,3)27;1-19(2,26)12-10-16(29-11-12)30(27,28)23-18(25)21-17-14-4-3-5-15(14)22-24(17)13-6-8-20-9-7-13/h5-13,15H,14H2,1-3H3,(H2,27,28,29);7-11,27H,4-6H2,1-3H3,(H2,22,24,26);6-11,26H,3-5H2,1-2H3,(H2,21,23,25). The van der Waals surface area contributed by atoms with Gasteiger partial charge in [0.05, 0.1) is 57.9 Å². The van der Waals surface area contributed by atoms with E-state index < -0.39 is 69.5 Å². The Balaban J connectivity index is 0.000000165. The molecule has 0 aliphatic heterocycles. The number of urea groups is 3. The molecule has 2 aliphatic rings. The molecule has 0 saturated heterocycles. The van der Waals surface area contributed by atoms with Gasteiger partial charge in [-0.25, -0.2) is 46.3 Å². The molecule has 486 valence electrons. The van der Waals surface area contributed by atoms with Crippen LogP contribution in [0.25, 0.3) is 27.3 Å². The van der Waals surface area contributed by atoms with Crippen molar-refractivity contribution in [2.45, 2.75) is 127 Å². The maximum absolute atomic E-state index is 12.7. The van der Waals surface area contributed by atoms with Gasteiger partial charge in [-0.05, 0) is 151 Å². The highest BCUT2D eigenvalue weighted by Crippen LogP contribution is 2.38. The maximum atomic E-state index is 12.7. The molecule has 9 aromatic rings. The smallest absolute Gasteiger partial charge is 0.334 e. The van der Waals surface area contributed by atoms with E-state index in [0.29, 0.717) is 45.4 Å². The zero-order chi connectivity index (χ0) is 67.2. The van der Waals surface area contributed by atoms with E-state index in [4.69, 9.17) is 15.4 Å². The number of aliphatic hydroxyl groups is 2. The second-order valence-electron chi connectivity index (χ2n) is 23.1. The Morgan fingerprint density at radius 2 is 1.18 bits per heavy atom. The molecule has 0 spiro atoms. The number of carbonyl (C=O) groups excluding carboxylic acids is 3. The quantitative estimate of drug-likeness (QED) is 0.0417. The second-order valence-corrected chi connectivity index (χ2v) is 28.1. The second kappa shape index (κ2) is 27.4. The van der Waals surface area contributed by atoms with E-state index in [2.05, 4.69) is 55.7 Å². The number of benzene rings is 1. The van der Waals surface area contributed by atoms with Crippen LogP contribution in [0.4, 0.5) is 37.5 Å². The molecule has 0 atom stereocenters. The lowest BCUT2D eigenvalue weighted by Gasteiger charge is -2.20. The average Bonchev–Trinajstić information content (AvgIpc) is 1.73. The molecule has 2 aliphatic carbocycles. The molecular formula is C62H67N15O13S3. The first-order chi connectivity index (χ1) is 43.9. The van der Waals surface area contributed by atoms with Crippen molar-refractivity contribution in [2.75, 3.05) is 16.0 Å². The fourth-order valence-electron chi connectivity index (χ4n) is 10.0. The van der Waals surface area contributed by atoms with Crippen LogP contribution in [0.3, 0.4) is 0 Å². The molecule has 8 heterocycles. The summed E-state index contributed by atoms with van der Waals surface area (Å²) in [7, 11) is -12.5. The summed E-state index contributed by atoms with van der Waals surface area (Å²) in [4.78, 5) is 57.3. The van der Waals surface area contributed by atoms with Gasteiger partial charge in [-0.15, -0.1) is 4.98 Å². The van der Waals surface area contributed by atoms with Gasteiger partial charge in [-0.3, -0.25) is 25.6 Å². The molecule has 0 saturated carbocycles. The molecule has 28 nitrogen and oxygen atoms in total. The highest BCUT2D eigenvalue weighted by Gasteiger charge is 2.32. The number of pyridine rings is 4. The summed E-state index contributed by atoms with van der Waals surface area (Å²) >= 11 is 0. The molecule has 0 bridgehead atoms. The van der Waals surface area contributed by atoms with Gasteiger partial charge in [-0.1, -0.05) is 38.1 Å². The van der Waals surface area contributed by atoms with Crippen LogP contribution in [-0.2, 0) is 72.7 Å². The lowest BCUT2D eigenvalue weighted by atomic mass is 9.92. The van der Waals surface area contributed by atoms with Gasteiger partial charge in [0.15, 0.2) is 0 Å². The van der Waals surface area contributed by atoms with Gasteiger partial charge in [0.25, 0.3) is 25.9 Å². The lowest BCUT2D eigenvalue weighted by Crippen LogP contribution is -2.35. The molecule has 93 heavy (non-hydrogen) atoms. The van der Waals surface area contributed by atoms with E-state index in [0.717, 1.165) is 90.4 Å². The first kappa shape index (κ1) is 67.3. The number of hydrogen-bond acceptors (Lipinski definition) is 19. The molecule has 6 amide bonds. The number of aryl methyl sites for hydroxylation is 4. The third-order valence-electron chi connectivity index (χ3n) is 14.5. The number of hydrogen-bond donors (Lipinski definition) is 8. The van der Waals surface area contributed by atoms with E-state index in [-0.39, 0.29) is 28.6 Å². The minimum absolute atomic E-state index is 0.0538. The van der Waals surface area contributed by atoms with Crippen LogP contribution in [0.2, 0.25) is 0 Å². The number of nitrogens with one attached hydrogen (secondary N) is 6. The Morgan fingerprint density at radius 1 is 0.645 bits per heavy atom. The summed E-state index contributed by atoms with van der Waals surface area (Å²) in [6.45, 7) is 21.0. The highest BCUT2D eigenvalue weighted by molar-refractivity contribution is 7.90. The van der Waals surface area contributed by atoms with Crippen molar-refractivity contribution in [3.05, 3.63) is 190 Å². The fraction of sp³-hybridized carbons (Fsp3) is 0.290. The van der Waals surface area contributed by atoms with E-state index in [9.17, 15) is 49.9 Å². The first-order valence-corrected chi connectivity index (χ1v) is 33.5. The summed E-state index contributed by atoms with van der Waals surface area (Å²) < 4.78 is 94.3. The van der Waals surface area contributed by atoms with Gasteiger partial charge < -0.3 is 29.2 Å². The molecule has 8 N–H and O–H groups in total. The Morgan fingerprint density at radius 3 is 1.69 bits per heavy atom. The van der Waals surface area contributed by atoms with Crippen LogP contribution in [0.15, 0.2) is 142 Å². The van der Waals surface area contributed by atoms with E-state index in [1.54, 1.807) is 76.6 Å². The molecule has 1 aromatic carbocycles. The Hall–Kier alpha value is -10.1. The zero-order valence-electron chi connectivity index (χ0n) is 51.7. The molecular weight excluding hydrogens is 1260 g/mol. The van der Waals surface area contributed by atoms with Crippen LogP contribution in [0.5, 0.6) is 0 Å². The van der Waals surface area contributed by atoms with E-state index in [1.807, 2.05) is 55.3 Å². The van der Waals surface area contributed by atoms with Crippen molar-refractivity contribution in [2.24, 2.45) is 0 Å². The minimum atomic E-state index is -4.28. The number of nitrogens with zero attached hydrogens (tertiary/aromatic N) is 9. The highest BCUT2D eigenvalue weighted by atomic mass is 32.2. The maximum Gasteiger partial charge on any atom is 0.334 e. The van der Waals surface area contributed by atoms with Crippen molar-refractivity contribution < 1.29 is 58.7 Å². The molecule has 0 unspecified atom stereocenters. The van der Waals surface area contributed by atoms with Crippen molar-refractivity contribution in [1.82, 2.24) is 53.7 Å². The summed E-state index contributed by atoms with van der Waals surface area (Å²) in [5.74, 6) is 0.744. The topological polar surface area (TPSA) is 384 Å². The van der Waals surface area contributed by atoms with Crippen LogP contribution >= 0.6 is 0 Å². The number of sulfonamides is 3. The van der Waals surface area contributed by atoms with Crippen LogP contribution in [0.1, 0.15) is 116 Å². The molecule has 31 heteroatoms. The number of aromatic nitrogens is 8. The minimum Gasteiger partial charge on any atom is -0.451 e. The number of rotatable bonds is 16. The zero-order valence-corrected chi connectivity index (χ0v) is 54.2. The van der Waals surface area contributed by atoms with Crippen LogP contribution in [-0.4, -0.2) is 93.1 Å². The van der Waals surface area contributed by atoms with E-state index in [1.165, 1.54) is 52.2 Å². The number of fused-ring (bicyclic) bond motifs is 2. The normalized spacial score (nSPS) is 12.9. The molecule has 0 fully saturated rings. The van der Waals surface area contributed by atoms with Crippen molar-refractivity contribution in [3.63, 3.8) is 0 Å². The van der Waals surface area contributed by atoms with Crippen LogP contribution in [0, 0.1) is 20.4 Å². The monoisotopic (exact) mass is 1330 g/mol. The van der Waals surface area contributed by atoms with Gasteiger partial charge in [0.2, 0.25) is 20.2 Å². The summed E-state index contributed by atoms with van der Waals surface area (Å²) in [6.07, 6.45) is 16.5. The number of anilines is 3. The summed E-state index contributed by atoms with van der Waals surface area (Å²) in [6, 6.07) is 17.1. The SMILES string of the molecule is CC(C)(O)c1coc(S(=O)(=O)NC(=O)Nc2c3c(nn2-c2ccncc2)CCC3)c1.Cc1cc(-n2nc3c(c2NC(=O)NS(=O)(=O)c2cc(C(C)(C)O)co2)CCC3)ccn1.[C-]#[N+]c1cc(-c2cc(C)cc(C(C)C)c2NC(=O)NS(=O)(=O)Cc2cccnc2)ccn1. The Bertz CT molecular complexity index is 4660. The number of amides is 6. The average molecular weight is 1330 g/mol. The third kappa shape index (κ3) is 16.5. The molecule has 0 radical (unpaired) electrons. The van der Waals surface area contributed by atoms with Crippen LogP contribution < -0.4 is 30.1 Å². The molecule has 11 rings (SSSR count). The predicted molar refractivity (Wildman–Crippen MR) is 342 cm³/mol. The van der Waals surface area contributed by atoms with Gasteiger partial charge in [-0.2, -0.15) is 27.0 Å². The van der Waals surface area contributed by atoms with Crippen molar-refractivity contribution in [1.29, 1.82) is 0 Å². The lowest BCUT2D eigenvalue weighted by molar-refractivity contribution is 0.0773. The third-order valence-corrected chi connectivity index (χ3v) is 18.1. The Kier molecular flexibility index (Phi) is 19.8. The largest absolute Gasteiger partial charge is 0.451 e. The van der Waals surface area contributed by atoms with E-state index >= 15 is 0 Å². The van der Waals surface area contributed by atoms with Crippen molar-refractivity contribution in [3.8, 4) is 22.5 Å². The fourth-order valence-corrected chi connectivity index (χ4v) is 12.8. The summed E-state index contributed by atoms with van der Waals surface area (Å²) in [5.41, 5.74) is 7.82. The Labute approximate surface area is 536 Å².